The van der Waals surface area contributed by atoms with Crippen molar-refractivity contribution in [3.05, 3.63) is 0 Å². The van der Waals surface area contributed by atoms with E-state index in [0.717, 1.165) is 19.5 Å². The molecule has 1 N–H and O–H groups in total. The molecule has 1 saturated heterocycles. The minimum atomic E-state index is -0.0499. The molecule has 0 aliphatic carbocycles. The highest BCUT2D eigenvalue weighted by atomic mass is 16.5. The monoisotopic (exact) mass is 241 g/mol. The quantitative estimate of drug-likeness (QED) is 0.550. The maximum atomic E-state index is 11.7. The third-order valence-corrected chi connectivity index (χ3v) is 4.06. The zero-order chi connectivity index (χ0) is 12.7. The molecule has 2 unspecified atom stereocenters. The maximum absolute atomic E-state index is 11.7. The van der Waals surface area contributed by atoms with Crippen molar-refractivity contribution in [2.24, 2.45) is 11.3 Å². The number of ether oxygens (including phenoxy) is 1. The molecule has 0 bridgehead atoms. The van der Waals surface area contributed by atoms with Crippen molar-refractivity contribution >= 4 is 5.97 Å². The second kappa shape index (κ2) is 7.00. The summed E-state index contributed by atoms with van der Waals surface area (Å²) >= 11 is 0. The standard InChI is InChI=1S/C14H27NO2/c1-4-5-6-7-8-9-14(2)11-15-10-12(14)13(16)17-3/h12,15H,4-11H2,1-3H3. The summed E-state index contributed by atoms with van der Waals surface area (Å²) in [6.45, 7) is 6.17. The molecule has 17 heavy (non-hydrogen) atoms. The fourth-order valence-corrected chi connectivity index (χ4v) is 2.78. The fraction of sp³-hybridized carbons (Fsp3) is 0.929. The molecule has 1 fully saturated rings. The highest BCUT2D eigenvalue weighted by Crippen LogP contribution is 2.37. The number of esters is 1. The van der Waals surface area contributed by atoms with Crippen LogP contribution < -0.4 is 5.32 Å². The Morgan fingerprint density at radius 1 is 1.35 bits per heavy atom. The van der Waals surface area contributed by atoms with Crippen molar-refractivity contribution in [2.45, 2.75) is 52.4 Å². The largest absolute Gasteiger partial charge is 0.469 e. The Labute approximate surface area is 105 Å². The second-order valence-corrected chi connectivity index (χ2v) is 5.52. The molecular formula is C14H27NO2. The van der Waals surface area contributed by atoms with E-state index in [1.54, 1.807) is 0 Å². The summed E-state index contributed by atoms with van der Waals surface area (Å²) in [5, 5.41) is 3.33. The van der Waals surface area contributed by atoms with E-state index in [1.807, 2.05) is 0 Å². The summed E-state index contributed by atoms with van der Waals surface area (Å²) in [6, 6.07) is 0. The summed E-state index contributed by atoms with van der Waals surface area (Å²) in [7, 11) is 1.49. The van der Waals surface area contributed by atoms with Gasteiger partial charge in [-0.15, -0.1) is 0 Å². The van der Waals surface area contributed by atoms with Crippen LogP contribution in [0.4, 0.5) is 0 Å². The molecule has 0 aromatic carbocycles. The Kier molecular flexibility index (Phi) is 5.96. The summed E-state index contributed by atoms with van der Waals surface area (Å²) in [6.07, 6.45) is 7.58. The SMILES string of the molecule is CCCCCCCC1(C)CNCC1C(=O)OC. The minimum Gasteiger partial charge on any atom is -0.469 e. The van der Waals surface area contributed by atoms with Crippen molar-refractivity contribution < 1.29 is 9.53 Å². The molecule has 0 saturated carbocycles. The highest BCUT2D eigenvalue weighted by Gasteiger charge is 2.43. The number of methoxy groups -OCH3 is 1. The summed E-state index contributed by atoms with van der Waals surface area (Å²) in [5.41, 5.74) is 0.0965. The summed E-state index contributed by atoms with van der Waals surface area (Å²) in [5.74, 6) is -0.00951. The van der Waals surface area contributed by atoms with Crippen molar-refractivity contribution in [3.63, 3.8) is 0 Å². The number of hydrogen-bond acceptors (Lipinski definition) is 3. The summed E-state index contributed by atoms with van der Waals surface area (Å²) < 4.78 is 4.90. The molecule has 1 aliphatic rings. The maximum Gasteiger partial charge on any atom is 0.310 e. The average Bonchev–Trinajstić information content (AvgIpc) is 2.70. The Morgan fingerprint density at radius 2 is 2.06 bits per heavy atom. The van der Waals surface area contributed by atoms with E-state index in [4.69, 9.17) is 4.74 Å². The lowest BCUT2D eigenvalue weighted by Gasteiger charge is -2.28. The molecule has 2 atom stereocenters. The molecule has 100 valence electrons. The molecule has 1 aliphatic heterocycles. The van der Waals surface area contributed by atoms with Crippen LogP contribution in [0.15, 0.2) is 0 Å². The molecule has 0 spiro atoms. The fourth-order valence-electron chi connectivity index (χ4n) is 2.78. The number of rotatable bonds is 7. The molecule has 1 rings (SSSR count). The number of unbranched alkanes of at least 4 members (excludes halogenated alkanes) is 4. The smallest absolute Gasteiger partial charge is 0.310 e. The summed E-state index contributed by atoms with van der Waals surface area (Å²) in [4.78, 5) is 11.7. The van der Waals surface area contributed by atoms with Gasteiger partial charge in [0, 0.05) is 13.1 Å². The van der Waals surface area contributed by atoms with Crippen LogP contribution in [0.25, 0.3) is 0 Å². The van der Waals surface area contributed by atoms with Crippen LogP contribution in [0.3, 0.4) is 0 Å². The Balaban J connectivity index is 2.35. The van der Waals surface area contributed by atoms with Crippen molar-refractivity contribution in [1.82, 2.24) is 5.32 Å². The first-order chi connectivity index (χ1) is 8.14. The van der Waals surface area contributed by atoms with E-state index < -0.39 is 0 Å². The van der Waals surface area contributed by atoms with Gasteiger partial charge in [-0.1, -0.05) is 46.0 Å². The third-order valence-electron chi connectivity index (χ3n) is 4.06. The van der Waals surface area contributed by atoms with Crippen LogP contribution in [0, 0.1) is 11.3 Å². The molecule has 0 aromatic heterocycles. The van der Waals surface area contributed by atoms with Crippen LogP contribution in [0.2, 0.25) is 0 Å². The van der Waals surface area contributed by atoms with Gasteiger partial charge in [-0.05, 0) is 11.8 Å². The first-order valence-corrected chi connectivity index (χ1v) is 6.92. The van der Waals surface area contributed by atoms with E-state index in [0.29, 0.717) is 0 Å². The first-order valence-electron chi connectivity index (χ1n) is 6.92. The van der Waals surface area contributed by atoms with Crippen LogP contribution in [0.1, 0.15) is 52.4 Å². The van der Waals surface area contributed by atoms with Crippen molar-refractivity contribution in [1.29, 1.82) is 0 Å². The number of carbonyl (C=O) groups is 1. The van der Waals surface area contributed by atoms with Crippen LogP contribution >= 0.6 is 0 Å². The van der Waals surface area contributed by atoms with Gasteiger partial charge in [0.25, 0.3) is 0 Å². The Bertz CT molecular complexity index is 242. The van der Waals surface area contributed by atoms with Crippen LogP contribution in [0.5, 0.6) is 0 Å². The topological polar surface area (TPSA) is 38.3 Å². The zero-order valence-electron chi connectivity index (χ0n) is 11.6. The molecule has 1 heterocycles. The average molecular weight is 241 g/mol. The first kappa shape index (κ1) is 14.5. The lowest BCUT2D eigenvalue weighted by Crippen LogP contribution is -2.33. The third kappa shape index (κ3) is 3.98. The predicted molar refractivity (Wildman–Crippen MR) is 69.9 cm³/mol. The molecule has 0 aromatic rings. The Hall–Kier alpha value is -0.570. The van der Waals surface area contributed by atoms with Crippen LogP contribution in [-0.2, 0) is 9.53 Å². The van der Waals surface area contributed by atoms with Gasteiger partial charge in [0.1, 0.15) is 0 Å². The normalized spacial score (nSPS) is 28.3. The van der Waals surface area contributed by atoms with Gasteiger partial charge in [0.15, 0.2) is 0 Å². The van der Waals surface area contributed by atoms with Gasteiger partial charge in [-0.3, -0.25) is 4.79 Å². The van der Waals surface area contributed by atoms with E-state index in [1.165, 1.54) is 39.2 Å². The lowest BCUT2D eigenvalue weighted by molar-refractivity contribution is -0.148. The number of nitrogens with one attached hydrogen (secondary N) is 1. The zero-order valence-corrected chi connectivity index (χ0v) is 11.6. The second-order valence-electron chi connectivity index (χ2n) is 5.52. The van der Waals surface area contributed by atoms with Crippen LogP contribution in [-0.4, -0.2) is 26.2 Å². The lowest BCUT2D eigenvalue weighted by atomic mass is 9.76. The van der Waals surface area contributed by atoms with E-state index in [9.17, 15) is 4.79 Å². The molecule has 3 nitrogen and oxygen atoms in total. The van der Waals surface area contributed by atoms with E-state index in [-0.39, 0.29) is 17.3 Å². The van der Waals surface area contributed by atoms with Crippen molar-refractivity contribution in [2.75, 3.05) is 20.2 Å². The van der Waals surface area contributed by atoms with Gasteiger partial charge < -0.3 is 10.1 Å². The van der Waals surface area contributed by atoms with Gasteiger partial charge in [0.05, 0.1) is 13.0 Å². The van der Waals surface area contributed by atoms with Gasteiger partial charge in [0.2, 0.25) is 0 Å². The molecular weight excluding hydrogens is 214 g/mol. The minimum absolute atomic E-state index is 0.0404. The Morgan fingerprint density at radius 3 is 2.71 bits per heavy atom. The molecule has 0 radical (unpaired) electrons. The number of carbonyl (C=O) groups excluding carboxylic acids is 1. The van der Waals surface area contributed by atoms with Crippen molar-refractivity contribution in [3.8, 4) is 0 Å². The van der Waals surface area contributed by atoms with E-state index in [2.05, 4.69) is 19.2 Å². The number of hydrogen-bond donors (Lipinski definition) is 1. The van der Waals surface area contributed by atoms with Gasteiger partial charge in [-0.2, -0.15) is 0 Å². The van der Waals surface area contributed by atoms with E-state index >= 15 is 0 Å². The highest BCUT2D eigenvalue weighted by molar-refractivity contribution is 5.74. The van der Waals surface area contributed by atoms with Gasteiger partial charge >= 0.3 is 5.97 Å². The van der Waals surface area contributed by atoms with Gasteiger partial charge in [-0.25, -0.2) is 0 Å². The molecule has 0 amide bonds. The predicted octanol–water partition coefficient (Wildman–Crippen LogP) is 2.75. The molecule has 3 heteroatoms.